The molecule has 1 aromatic heterocycles. The fraction of sp³-hybridized carbons (Fsp3) is 0.737. The lowest BCUT2D eigenvalue weighted by Gasteiger charge is -2.45. The normalized spacial score (nSPS) is 26.1. The Morgan fingerprint density at radius 1 is 1.08 bits per heavy atom. The second-order valence-electron chi connectivity index (χ2n) is 7.23. The van der Waals surface area contributed by atoms with Gasteiger partial charge in [-0.15, -0.1) is 0 Å². The highest BCUT2D eigenvalue weighted by atomic mass is 16.5. The Bertz CT molecular complexity index is 482. The molecule has 3 rings (SSSR count). The van der Waals surface area contributed by atoms with Crippen LogP contribution in [0.2, 0.25) is 0 Å². The molecule has 0 saturated carbocycles. The van der Waals surface area contributed by atoms with Gasteiger partial charge in [0.05, 0.1) is 13.2 Å². The number of piperazine rings is 2. The zero-order valence-corrected chi connectivity index (χ0v) is 15.7. The van der Waals surface area contributed by atoms with Crippen molar-refractivity contribution in [3.63, 3.8) is 0 Å². The van der Waals surface area contributed by atoms with Crippen LogP contribution in [0.15, 0.2) is 24.4 Å². The zero-order chi connectivity index (χ0) is 17.5. The van der Waals surface area contributed by atoms with E-state index in [9.17, 15) is 0 Å². The Balaban J connectivity index is 1.37. The van der Waals surface area contributed by atoms with Gasteiger partial charge >= 0.3 is 0 Å². The van der Waals surface area contributed by atoms with E-state index in [1.54, 1.807) is 0 Å². The van der Waals surface area contributed by atoms with Crippen LogP contribution in [-0.4, -0.2) is 92.4 Å². The molecule has 6 nitrogen and oxygen atoms in total. The molecule has 2 fully saturated rings. The summed E-state index contributed by atoms with van der Waals surface area (Å²) in [6.45, 7) is 14.9. The molecule has 0 spiro atoms. The van der Waals surface area contributed by atoms with Crippen molar-refractivity contribution < 1.29 is 4.74 Å². The summed E-state index contributed by atoms with van der Waals surface area (Å²) >= 11 is 0. The highest BCUT2D eigenvalue weighted by Crippen LogP contribution is 2.20. The van der Waals surface area contributed by atoms with Crippen LogP contribution in [0, 0.1) is 0 Å². The van der Waals surface area contributed by atoms with Crippen LogP contribution in [0.4, 0.5) is 5.82 Å². The van der Waals surface area contributed by atoms with E-state index in [1.165, 1.54) is 0 Å². The summed E-state index contributed by atoms with van der Waals surface area (Å²) in [5, 5.41) is 3.39. The number of nitrogens with zero attached hydrogens (tertiary/aromatic N) is 4. The van der Waals surface area contributed by atoms with Gasteiger partial charge in [0.1, 0.15) is 5.82 Å². The fourth-order valence-electron chi connectivity index (χ4n) is 3.93. The van der Waals surface area contributed by atoms with Crippen LogP contribution >= 0.6 is 0 Å². The molecule has 0 radical (unpaired) electrons. The Morgan fingerprint density at radius 3 is 2.48 bits per heavy atom. The summed E-state index contributed by atoms with van der Waals surface area (Å²) in [7, 11) is 0. The lowest BCUT2D eigenvalue weighted by molar-refractivity contribution is 0.0514. The Hall–Kier alpha value is -1.21. The summed E-state index contributed by atoms with van der Waals surface area (Å²) in [5.74, 6) is 1.09. The van der Waals surface area contributed by atoms with Gasteiger partial charge in [-0.25, -0.2) is 4.98 Å². The van der Waals surface area contributed by atoms with E-state index < -0.39 is 0 Å². The average Bonchev–Trinajstić information content (AvgIpc) is 2.65. The molecule has 1 N–H and O–H groups in total. The number of nitrogens with one attached hydrogen (secondary N) is 1. The second kappa shape index (κ2) is 9.48. The minimum atomic E-state index is 0.516. The highest BCUT2D eigenvalue weighted by Gasteiger charge is 2.29. The van der Waals surface area contributed by atoms with Gasteiger partial charge in [0.25, 0.3) is 0 Å². The maximum absolute atomic E-state index is 5.92. The van der Waals surface area contributed by atoms with E-state index in [4.69, 9.17) is 4.74 Å². The molecule has 0 aliphatic carbocycles. The minimum absolute atomic E-state index is 0.516. The van der Waals surface area contributed by atoms with E-state index in [0.29, 0.717) is 12.1 Å². The first-order valence-corrected chi connectivity index (χ1v) is 9.66. The van der Waals surface area contributed by atoms with Gasteiger partial charge in [-0.3, -0.25) is 9.80 Å². The van der Waals surface area contributed by atoms with Crippen LogP contribution in [0.1, 0.15) is 13.8 Å². The maximum Gasteiger partial charge on any atom is 0.128 e. The molecule has 0 aromatic carbocycles. The third kappa shape index (κ3) is 5.38. The smallest absolute Gasteiger partial charge is 0.128 e. The number of anilines is 1. The number of hydrogen-bond donors (Lipinski definition) is 1. The number of ether oxygens (including phenoxy) is 1. The van der Waals surface area contributed by atoms with Gasteiger partial charge in [0.2, 0.25) is 0 Å². The van der Waals surface area contributed by atoms with Crippen LogP contribution < -0.4 is 10.2 Å². The average molecular weight is 348 g/mol. The van der Waals surface area contributed by atoms with E-state index in [0.717, 1.165) is 71.4 Å². The fourth-order valence-corrected chi connectivity index (χ4v) is 3.93. The van der Waals surface area contributed by atoms with E-state index in [2.05, 4.69) is 51.0 Å². The number of hydrogen-bond acceptors (Lipinski definition) is 6. The standard InChI is InChI=1S/C19H33N5O/c1-17-15-23(19-5-3-4-6-21-19)16-18(2)24(17)12-14-25-13-11-22-9-7-20-8-10-22/h3-6,17-18,20H,7-16H2,1-2H3/t17-,18+. The van der Waals surface area contributed by atoms with Crippen LogP contribution in [0.3, 0.4) is 0 Å². The molecular weight excluding hydrogens is 314 g/mol. The van der Waals surface area contributed by atoms with Crippen molar-refractivity contribution in [2.45, 2.75) is 25.9 Å². The molecule has 1 aromatic rings. The van der Waals surface area contributed by atoms with Crippen molar-refractivity contribution in [1.82, 2.24) is 20.1 Å². The first-order valence-electron chi connectivity index (χ1n) is 9.66. The summed E-state index contributed by atoms with van der Waals surface area (Å²) in [4.78, 5) is 12.0. The van der Waals surface area contributed by atoms with Gasteiger partial charge in [-0.1, -0.05) is 6.07 Å². The predicted molar refractivity (Wildman–Crippen MR) is 102 cm³/mol. The number of aromatic nitrogens is 1. The van der Waals surface area contributed by atoms with Crippen molar-refractivity contribution in [2.24, 2.45) is 0 Å². The minimum Gasteiger partial charge on any atom is -0.379 e. The largest absolute Gasteiger partial charge is 0.379 e. The van der Waals surface area contributed by atoms with Crippen molar-refractivity contribution in [3.05, 3.63) is 24.4 Å². The molecule has 0 amide bonds. The monoisotopic (exact) mass is 347 g/mol. The van der Waals surface area contributed by atoms with Gasteiger partial charge in [-0.05, 0) is 26.0 Å². The van der Waals surface area contributed by atoms with Crippen molar-refractivity contribution in [2.75, 3.05) is 70.5 Å². The zero-order valence-electron chi connectivity index (χ0n) is 15.7. The Kier molecular flexibility index (Phi) is 7.04. The molecule has 2 aliphatic rings. The predicted octanol–water partition coefficient (Wildman–Crippen LogP) is 0.902. The van der Waals surface area contributed by atoms with Crippen molar-refractivity contribution in [3.8, 4) is 0 Å². The van der Waals surface area contributed by atoms with Crippen LogP contribution in [-0.2, 0) is 4.74 Å². The van der Waals surface area contributed by atoms with Gasteiger partial charge in [0.15, 0.2) is 0 Å². The van der Waals surface area contributed by atoms with Crippen LogP contribution in [0.5, 0.6) is 0 Å². The van der Waals surface area contributed by atoms with Gasteiger partial charge in [-0.2, -0.15) is 0 Å². The van der Waals surface area contributed by atoms with E-state index >= 15 is 0 Å². The highest BCUT2D eigenvalue weighted by molar-refractivity contribution is 5.39. The molecule has 2 saturated heterocycles. The Morgan fingerprint density at radius 2 is 1.80 bits per heavy atom. The third-order valence-electron chi connectivity index (χ3n) is 5.33. The summed E-state index contributed by atoms with van der Waals surface area (Å²) in [6, 6.07) is 7.18. The molecular formula is C19H33N5O. The van der Waals surface area contributed by atoms with Gasteiger partial charge < -0.3 is 15.0 Å². The number of rotatable bonds is 7. The molecule has 0 bridgehead atoms. The Labute approximate surface area is 152 Å². The first kappa shape index (κ1) is 18.6. The lowest BCUT2D eigenvalue weighted by atomic mass is 10.1. The number of pyridine rings is 1. The third-order valence-corrected chi connectivity index (χ3v) is 5.33. The molecule has 6 heteroatoms. The topological polar surface area (TPSA) is 43.9 Å². The molecule has 25 heavy (non-hydrogen) atoms. The summed E-state index contributed by atoms with van der Waals surface area (Å²) in [6.07, 6.45) is 1.88. The quantitative estimate of drug-likeness (QED) is 0.740. The summed E-state index contributed by atoms with van der Waals surface area (Å²) < 4.78 is 5.92. The van der Waals surface area contributed by atoms with Crippen molar-refractivity contribution in [1.29, 1.82) is 0 Å². The maximum atomic E-state index is 5.92. The SMILES string of the molecule is C[C@@H]1CN(c2ccccn2)C[C@H](C)N1CCOCCN1CCNCC1. The molecule has 2 atom stereocenters. The molecule has 0 unspecified atom stereocenters. The van der Waals surface area contributed by atoms with Gasteiger partial charge in [0, 0.05) is 70.6 Å². The first-order chi connectivity index (χ1) is 12.2. The molecule has 3 heterocycles. The van der Waals surface area contributed by atoms with E-state index in [-0.39, 0.29) is 0 Å². The van der Waals surface area contributed by atoms with Crippen molar-refractivity contribution >= 4 is 5.82 Å². The van der Waals surface area contributed by atoms with E-state index in [1.807, 2.05) is 12.3 Å². The summed E-state index contributed by atoms with van der Waals surface area (Å²) in [5.41, 5.74) is 0. The lowest BCUT2D eigenvalue weighted by Crippen LogP contribution is -2.57. The molecule has 140 valence electrons. The molecule has 2 aliphatic heterocycles. The second-order valence-corrected chi connectivity index (χ2v) is 7.23. The van der Waals surface area contributed by atoms with Crippen LogP contribution in [0.25, 0.3) is 0 Å².